The molecular formula is C19H32N4O3S. The number of nitrogens with zero attached hydrogens (tertiary/aromatic N) is 2. The van der Waals surface area contributed by atoms with Crippen molar-refractivity contribution in [3.8, 4) is 0 Å². The number of hydrogen-bond acceptors (Lipinski definition) is 5. The Labute approximate surface area is 163 Å². The van der Waals surface area contributed by atoms with Crippen molar-refractivity contribution in [2.75, 3.05) is 39.8 Å². The van der Waals surface area contributed by atoms with Crippen molar-refractivity contribution in [3.05, 3.63) is 29.8 Å². The van der Waals surface area contributed by atoms with E-state index in [9.17, 15) is 13.2 Å². The molecular weight excluding hydrogens is 364 g/mol. The number of piperazine rings is 1. The van der Waals surface area contributed by atoms with Crippen molar-refractivity contribution in [1.82, 2.24) is 19.8 Å². The van der Waals surface area contributed by atoms with Gasteiger partial charge in [-0.2, -0.15) is 0 Å². The molecule has 0 saturated carbocycles. The van der Waals surface area contributed by atoms with Gasteiger partial charge in [0.15, 0.2) is 0 Å². The van der Waals surface area contributed by atoms with Gasteiger partial charge in [-0.3, -0.25) is 4.90 Å². The van der Waals surface area contributed by atoms with Crippen LogP contribution in [0.2, 0.25) is 0 Å². The van der Waals surface area contributed by atoms with Crippen molar-refractivity contribution in [3.63, 3.8) is 0 Å². The fourth-order valence-corrected chi connectivity index (χ4v) is 4.17. The van der Waals surface area contributed by atoms with Crippen LogP contribution >= 0.6 is 0 Å². The lowest BCUT2D eigenvalue weighted by Gasteiger charge is -2.38. The highest BCUT2D eigenvalue weighted by Crippen LogP contribution is 2.14. The maximum atomic E-state index is 12.3. The van der Waals surface area contributed by atoms with Gasteiger partial charge in [0.05, 0.1) is 4.90 Å². The Kier molecular flexibility index (Phi) is 7.64. The van der Waals surface area contributed by atoms with Crippen LogP contribution in [0.4, 0.5) is 4.79 Å². The number of nitrogens with one attached hydrogen (secondary N) is 2. The van der Waals surface area contributed by atoms with E-state index in [1.807, 2.05) is 6.92 Å². The first-order valence-electron chi connectivity index (χ1n) is 9.47. The number of urea groups is 1. The number of benzene rings is 1. The lowest BCUT2D eigenvalue weighted by Crippen LogP contribution is -2.53. The summed E-state index contributed by atoms with van der Waals surface area (Å²) in [4.78, 5) is 17.0. The van der Waals surface area contributed by atoms with E-state index in [1.54, 1.807) is 12.1 Å². The SMILES string of the molecule is Cc1ccc(S(=O)(=O)NC(=O)NCC(CC(C)C)N2CCN(C)CC2)cc1. The fraction of sp³-hybridized carbons (Fsp3) is 0.632. The van der Waals surface area contributed by atoms with Gasteiger partial charge >= 0.3 is 6.03 Å². The number of carbonyl (C=O) groups excluding carboxylic acids is 1. The predicted octanol–water partition coefficient (Wildman–Crippen LogP) is 1.65. The summed E-state index contributed by atoms with van der Waals surface area (Å²) in [5, 5.41) is 2.75. The molecule has 0 bridgehead atoms. The second kappa shape index (κ2) is 9.52. The molecule has 1 heterocycles. The minimum Gasteiger partial charge on any atom is -0.336 e. The van der Waals surface area contributed by atoms with E-state index >= 15 is 0 Å². The minimum atomic E-state index is -3.86. The first kappa shape index (κ1) is 21.7. The molecule has 2 amide bonds. The summed E-state index contributed by atoms with van der Waals surface area (Å²) in [6, 6.07) is 5.93. The average molecular weight is 397 g/mol. The average Bonchev–Trinajstić information content (AvgIpc) is 2.59. The molecule has 2 N–H and O–H groups in total. The van der Waals surface area contributed by atoms with Gasteiger partial charge < -0.3 is 10.2 Å². The first-order chi connectivity index (χ1) is 12.7. The number of sulfonamides is 1. The number of carbonyl (C=O) groups is 1. The van der Waals surface area contributed by atoms with Gasteiger partial charge in [-0.05, 0) is 38.4 Å². The van der Waals surface area contributed by atoms with Crippen molar-refractivity contribution >= 4 is 16.1 Å². The Bertz CT molecular complexity index is 711. The van der Waals surface area contributed by atoms with E-state index in [4.69, 9.17) is 0 Å². The van der Waals surface area contributed by atoms with Gasteiger partial charge in [0.1, 0.15) is 0 Å². The van der Waals surface area contributed by atoms with Crippen LogP contribution in [-0.4, -0.2) is 70.1 Å². The second-order valence-electron chi connectivity index (χ2n) is 7.75. The van der Waals surface area contributed by atoms with Crippen LogP contribution in [0.3, 0.4) is 0 Å². The summed E-state index contributed by atoms with van der Waals surface area (Å²) in [5.41, 5.74) is 0.960. The third kappa shape index (κ3) is 6.79. The van der Waals surface area contributed by atoms with E-state index in [2.05, 4.69) is 40.7 Å². The van der Waals surface area contributed by atoms with Gasteiger partial charge in [0.2, 0.25) is 0 Å². The zero-order valence-corrected chi connectivity index (χ0v) is 17.6. The maximum Gasteiger partial charge on any atom is 0.328 e. The highest BCUT2D eigenvalue weighted by molar-refractivity contribution is 7.90. The summed E-state index contributed by atoms with van der Waals surface area (Å²) < 4.78 is 26.8. The molecule has 1 unspecified atom stereocenters. The molecule has 8 heteroatoms. The maximum absolute atomic E-state index is 12.3. The number of rotatable bonds is 7. The summed E-state index contributed by atoms with van der Waals surface area (Å²) in [6.45, 7) is 10.5. The minimum absolute atomic E-state index is 0.0843. The standard InChI is InChI=1S/C19H32N4O3S/c1-15(2)13-17(23-11-9-22(4)10-12-23)14-20-19(24)21-27(25,26)18-7-5-16(3)6-8-18/h5-8,15,17H,9-14H2,1-4H3,(H2,20,21,24). The second-order valence-corrected chi connectivity index (χ2v) is 9.43. The first-order valence-corrected chi connectivity index (χ1v) is 11.0. The molecule has 1 aliphatic heterocycles. The van der Waals surface area contributed by atoms with Crippen molar-refractivity contribution in [2.45, 2.75) is 38.1 Å². The van der Waals surface area contributed by atoms with Gasteiger partial charge in [-0.15, -0.1) is 0 Å². The number of amides is 2. The molecule has 1 fully saturated rings. The van der Waals surface area contributed by atoms with Crippen LogP contribution in [0.25, 0.3) is 0 Å². The monoisotopic (exact) mass is 396 g/mol. The van der Waals surface area contributed by atoms with Crippen LogP contribution < -0.4 is 10.0 Å². The Morgan fingerprint density at radius 3 is 2.26 bits per heavy atom. The molecule has 27 heavy (non-hydrogen) atoms. The smallest absolute Gasteiger partial charge is 0.328 e. The molecule has 1 saturated heterocycles. The van der Waals surface area contributed by atoms with Crippen LogP contribution in [-0.2, 0) is 10.0 Å². The van der Waals surface area contributed by atoms with Crippen LogP contribution in [0, 0.1) is 12.8 Å². The molecule has 1 aromatic rings. The number of aryl methyl sites for hydroxylation is 1. The van der Waals surface area contributed by atoms with Crippen LogP contribution in [0.1, 0.15) is 25.8 Å². The predicted molar refractivity (Wildman–Crippen MR) is 107 cm³/mol. The molecule has 7 nitrogen and oxygen atoms in total. The van der Waals surface area contributed by atoms with Crippen LogP contribution in [0.5, 0.6) is 0 Å². The summed E-state index contributed by atoms with van der Waals surface area (Å²) in [5.74, 6) is 0.496. The quantitative estimate of drug-likeness (QED) is 0.732. The molecule has 1 atom stereocenters. The summed E-state index contributed by atoms with van der Waals surface area (Å²) in [6.07, 6.45) is 0.953. The summed E-state index contributed by atoms with van der Waals surface area (Å²) >= 11 is 0. The number of likely N-dealkylation sites (N-methyl/N-ethyl adjacent to an activating group) is 1. The Morgan fingerprint density at radius 2 is 1.70 bits per heavy atom. The third-order valence-corrected chi connectivity index (χ3v) is 6.20. The molecule has 0 aromatic heterocycles. The fourth-order valence-electron chi connectivity index (χ4n) is 3.24. The number of hydrogen-bond donors (Lipinski definition) is 2. The molecule has 0 spiro atoms. The highest BCUT2D eigenvalue weighted by atomic mass is 32.2. The largest absolute Gasteiger partial charge is 0.336 e. The highest BCUT2D eigenvalue weighted by Gasteiger charge is 2.24. The van der Waals surface area contributed by atoms with Gasteiger partial charge in [0, 0.05) is 38.8 Å². The Hall–Kier alpha value is -1.64. The Balaban J connectivity index is 1.93. The molecule has 0 radical (unpaired) electrons. The summed E-state index contributed by atoms with van der Waals surface area (Å²) in [7, 11) is -1.75. The van der Waals surface area contributed by atoms with Crippen LogP contribution in [0.15, 0.2) is 29.2 Å². The van der Waals surface area contributed by atoms with Crippen molar-refractivity contribution in [1.29, 1.82) is 0 Å². The van der Waals surface area contributed by atoms with Gasteiger partial charge in [0.25, 0.3) is 10.0 Å². The van der Waals surface area contributed by atoms with E-state index in [0.29, 0.717) is 12.5 Å². The van der Waals surface area contributed by atoms with E-state index < -0.39 is 16.1 Å². The zero-order chi connectivity index (χ0) is 20.0. The molecule has 1 aliphatic rings. The molecule has 2 rings (SSSR count). The molecule has 152 valence electrons. The van der Waals surface area contributed by atoms with Crippen molar-refractivity contribution in [2.24, 2.45) is 5.92 Å². The van der Waals surface area contributed by atoms with E-state index in [1.165, 1.54) is 12.1 Å². The molecule has 0 aliphatic carbocycles. The lowest BCUT2D eigenvalue weighted by molar-refractivity contribution is 0.100. The normalized spacial score (nSPS) is 17.7. The van der Waals surface area contributed by atoms with E-state index in [0.717, 1.165) is 38.2 Å². The van der Waals surface area contributed by atoms with E-state index in [-0.39, 0.29) is 10.9 Å². The van der Waals surface area contributed by atoms with Gasteiger partial charge in [-0.25, -0.2) is 17.9 Å². The zero-order valence-electron chi connectivity index (χ0n) is 16.7. The molecule has 1 aromatic carbocycles. The topological polar surface area (TPSA) is 81.7 Å². The Morgan fingerprint density at radius 1 is 1.11 bits per heavy atom. The third-order valence-electron chi connectivity index (χ3n) is 4.85. The van der Waals surface area contributed by atoms with Crippen molar-refractivity contribution < 1.29 is 13.2 Å². The van der Waals surface area contributed by atoms with Gasteiger partial charge in [-0.1, -0.05) is 31.5 Å². The lowest BCUT2D eigenvalue weighted by atomic mass is 10.0.